The number of hydrogen-bond acceptors (Lipinski definition) is 4. The number of amides is 1. The lowest BCUT2D eigenvalue weighted by molar-refractivity contribution is -0.130. The second-order valence-corrected chi connectivity index (χ2v) is 7.64. The molecular weight excluding hydrogens is 320 g/mol. The van der Waals surface area contributed by atoms with E-state index in [4.69, 9.17) is 0 Å². The molecule has 1 aromatic carbocycles. The Balaban J connectivity index is 2.60. The zero-order chi connectivity index (χ0) is 18.3. The lowest BCUT2D eigenvalue weighted by atomic mass is 9.92. The van der Waals surface area contributed by atoms with Crippen LogP contribution in [0.15, 0.2) is 29.2 Å². The Labute approximate surface area is 150 Å². The van der Waals surface area contributed by atoms with E-state index in [0.717, 1.165) is 29.3 Å². The van der Waals surface area contributed by atoms with Crippen molar-refractivity contribution in [2.24, 2.45) is 0 Å². The molecule has 0 aliphatic rings. The standard InChI is InChI=1S/C19H30N2O2S/c1-7-21(8-2)17(22)13-14-24-16-11-9-15(10-12-16)18(23)19(3,4)20(5)6/h9-12H,7-8,13-14H2,1-6H3. The largest absolute Gasteiger partial charge is 0.343 e. The first kappa shape index (κ1) is 20.7. The van der Waals surface area contributed by atoms with E-state index in [9.17, 15) is 9.59 Å². The molecule has 1 aromatic rings. The number of likely N-dealkylation sites (N-methyl/N-ethyl adjacent to an activating group) is 1. The molecule has 0 heterocycles. The Morgan fingerprint density at radius 1 is 1.04 bits per heavy atom. The van der Waals surface area contributed by atoms with Gasteiger partial charge >= 0.3 is 0 Å². The van der Waals surface area contributed by atoms with Gasteiger partial charge in [0.15, 0.2) is 5.78 Å². The molecule has 0 aromatic heterocycles. The maximum atomic E-state index is 12.6. The molecule has 0 bridgehead atoms. The lowest BCUT2D eigenvalue weighted by Crippen LogP contribution is -2.45. The first-order valence-corrected chi connectivity index (χ1v) is 9.45. The molecule has 1 rings (SSSR count). The predicted octanol–water partition coefficient (Wildman–Crippen LogP) is 3.56. The SMILES string of the molecule is CCN(CC)C(=O)CCSc1ccc(C(=O)C(C)(C)N(C)C)cc1. The summed E-state index contributed by atoms with van der Waals surface area (Å²) < 4.78 is 0. The van der Waals surface area contributed by atoms with Gasteiger partial charge in [0.1, 0.15) is 0 Å². The molecule has 0 aliphatic carbocycles. The zero-order valence-corrected chi connectivity index (χ0v) is 16.6. The number of nitrogens with zero attached hydrogens (tertiary/aromatic N) is 2. The molecule has 0 saturated heterocycles. The van der Waals surface area contributed by atoms with Crippen LogP contribution < -0.4 is 0 Å². The molecule has 4 nitrogen and oxygen atoms in total. The van der Waals surface area contributed by atoms with Gasteiger partial charge in [-0.2, -0.15) is 0 Å². The highest BCUT2D eigenvalue weighted by molar-refractivity contribution is 7.99. The van der Waals surface area contributed by atoms with Crippen LogP contribution in [0.3, 0.4) is 0 Å². The summed E-state index contributed by atoms with van der Waals surface area (Å²) >= 11 is 1.65. The van der Waals surface area contributed by atoms with Crippen molar-refractivity contribution < 1.29 is 9.59 Å². The summed E-state index contributed by atoms with van der Waals surface area (Å²) in [6.07, 6.45) is 0.542. The third kappa shape index (κ3) is 5.35. The molecule has 134 valence electrons. The second-order valence-electron chi connectivity index (χ2n) is 6.47. The van der Waals surface area contributed by atoms with Crippen LogP contribution in [0.5, 0.6) is 0 Å². The van der Waals surface area contributed by atoms with Crippen LogP contribution in [0, 0.1) is 0 Å². The molecule has 24 heavy (non-hydrogen) atoms. The maximum absolute atomic E-state index is 12.6. The van der Waals surface area contributed by atoms with Gasteiger partial charge in [-0.3, -0.25) is 14.5 Å². The molecule has 0 aliphatic heterocycles. The van der Waals surface area contributed by atoms with E-state index in [2.05, 4.69) is 0 Å². The minimum Gasteiger partial charge on any atom is -0.343 e. The Morgan fingerprint density at radius 3 is 2.04 bits per heavy atom. The number of carbonyl (C=O) groups excluding carboxylic acids is 2. The van der Waals surface area contributed by atoms with Crippen molar-refractivity contribution in [3.63, 3.8) is 0 Å². The summed E-state index contributed by atoms with van der Waals surface area (Å²) in [6.45, 7) is 9.38. The lowest BCUT2D eigenvalue weighted by Gasteiger charge is -2.30. The number of rotatable bonds is 9. The number of thioether (sulfide) groups is 1. The van der Waals surface area contributed by atoms with E-state index in [-0.39, 0.29) is 11.7 Å². The van der Waals surface area contributed by atoms with Crippen molar-refractivity contribution in [2.45, 2.75) is 44.6 Å². The fourth-order valence-corrected chi connectivity index (χ4v) is 3.09. The van der Waals surface area contributed by atoms with Crippen molar-refractivity contribution in [3.05, 3.63) is 29.8 Å². The summed E-state index contributed by atoms with van der Waals surface area (Å²) in [5, 5.41) is 0. The van der Waals surface area contributed by atoms with E-state index in [0.29, 0.717) is 6.42 Å². The Kier molecular flexibility index (Phi) is 7.97. The third-order valence-electron chi connectivity index (χ3n) is 4.49. The molecule has 0 spiro atoms. The quantitative estimate of drug-likeness (QED) is 0.504. The molecule has 0 radical (unpaired) electrons. The highest BCUT2D eigenvalue weighted by Gasteiger charge is 2.30. The second kappa shape index (κ2) is 9.23. The van der Waals surface area contributed by atoms with Gasteiger partial charge in [0.25, 0.3) is 0 Å². The van der Waals surface area contributed by atoms with E-state index in [1.54, 1.807) is 11.8 Å². The average Bonchev–Trinajstić information content (AvgIpc) is 2.55. The summed E-state index contributed by atoms with van der Waals surface area (Å²) in [5.41, 5.74) is 0.197. The van der Waals surface area contributed by atoms with E-state index in [1.807, 2.05) is 75.9 Å². The van der Waals surface area contributed by atoms with Crippen LogP contribution in [0.25, 0.3) is 0 Å². The minimum atomic E-state index is -0.523. The van der Waals surface area contributed by atoms with Gasteiger partial charge < -0.3 is 4.90 Å². The Morgan fingerprint density at radius 2 is 1.58 bits per heavy atom. The highest BCUT2D eigenvalue weighted by atomic mass is 32.2. The first-order chi connectivity index (χ1) is 11.2. The van der Waals surface area contributed by atoms with Crippen molar-refractivity contribution >= 4 is 23.5 Å². The number of benzene rings is 1. The average molecular weight is 351 g/mol. The van der Waals surface area contributed by atoms with Crippen LogP contribution in [-0.2, 0) is 4.79 Å². The number of carbonyl (C=O) groups is 2. The van der Waals surface area contributed by atoms with E-state index >= 15 is 0 Å². The molecule has 0 atom stereocenters. The highest BCUT2D eigenvalue weighted by Crippen LogP contribution is 2.23. The van der Waals surface area contributed by atoms with Gasteiger partial charge in [-0.25, -0.2) is 0 Å². The van der Waals surface area contributed by atoms with Gasteiger partial charge in [0.05, 0.1) is 5.54 Å². The summed E-state index contributed by atoms with van der Waals surface area (Å²) in [7, 11) is 3.82. The summed E-state index contributed by atoms with van der Waals surface area (Å²) in [5.74, 6) is 1.07. The molecule has 5 heteroatoms. The monoisotopic (exact) mass is 350 g/mol. The number of Topliss-reactive ketones (excluding diaryl/α,β-unsaturated/α-hetero) is 1. The summed E-state index contributed by atoms with van der Waals surface area (Å²) in [6, 6.07) is 7.68. The van der Waals surface area contributed by atoms with Gasteiger partial charge in [-0.1, -0.05) is 12.1 Å². The molecule has 1 amide bonds. The van der Waals surface area contributed by atoms with Crippen LogP contribution in [0.4, 0.5) is 0 Å². The normalized spacial score (nSPS) is 11.6. The first-order valence-electron chi connectivity index (χ1n) is 8.46. The van der Waals surface area contributed by atoms with Gasteiger partial charge in [-0.05, 0) is 53.9 Å². The molecule has 0 N–H and O–H groups in total. The van der Waals surface area contributed by atoms with Gasteiger partial charge in [0, 0.05) is 35.7 Å². The zero-order valence-electron chi connectivity index (χ0n) is 15.8. The van der Waals surface area contributed by atoms with E-state index in [1.165, 1.54) is 0 Å². The van der Waals surface area contributed by atoms with Gasteiger partial charge in [-0.15, -0.1) is 11.8 Å². The van der Waals surface area contributed by atoms with E-state index < -0.39 is 5.54 Å². The fourth-order valence-electron chi connectivity index (χ4n) is 2.25. The van der Waals surface area contributed by atoms with Crippen molar-refractivity contribution in [1.29, 1.82) is 0 Å². The topological polar surface area (TPSA) is 40.6 Å². The Hall–Kier alpha value is -1.33. The number of hydrogen-bond donors (Lipinski definition) is 0. The fraction of sp³-hybridized carbons (Fsp3) is 0.579. The van der Waals surface area contributed by atoms with Crippen LogP contribution in [-0.4, -0.2) is 60.0 Å². The number of ketones is 1. The predicted molar refractivity (Wildman–Crippen MR) is 102 cm³/mol. The van der Waals surface area contributed by atoms with Crippen molar-refractivity contribution in [2.75, 3.05) is 32.9 Å². The van der Waals surface area contributed by atoms with Crippen LogP contribution in [0.1, 0.15) is 44.5 Å². The minimum absolute atomic E-state index is 0.112. The third-order valence-corrected chi connectivity index (χ3v) is 5.50. The molecule has 0 saturated carbocycles. The maximum Gasteiger partial charge on any atom is 0.223 e. The van der Waals surface area contributed by atoms with Crippen LogP contribution in [0.2, 0.25) is 0 Å². The molecular formula is C19H30N2O2S. The smallest absolute Gasteiger partial charge is 0.223 e. The molecule has 0 fully saturated rings. The van der Waals surface area contributed by atoms with Crippen molar-refractivity contribution in [3.8, 4) is 0 Å². The van der Waals surface area contributed by atoms with Crippen LogP contribution >= 0.6 is 11.8 Å². The summed E-state index contributed by atoms with van der Waals surface area (Å²) in [4.78, 5) is 29.4. The molecule has 0 unspecified atom stereocenters. The van der Waals surface area contributed by atoms with Crippen molar-refractivity contribution in [1.82, 2.24) is 9.80 Å². The van der Waals surface area contributed by atoms with Gasteiger partial charge in [0.2, 0.25) is 5.91 Å². The Bertz CT molecular complexity index is 549.